The average molecular weight is 509 g/mol. The lowest BCUT2D eigenvalue weighted by Gasteiger charge is -2.31. The molecule has 8 nitrogen and oxygen atoms in total. The molecule has 2 heterocycles. The fourth-order valence-electron chi connectivity index (χ4n) is 3.90. The Hall–Kier alpha value is -3.34. The second-order valence-electron chi connectivity index (χ2n) is 9.89. The van der Waals surface area contributed by atoms with Crippen LogP contribution in [0.25, 0.3) is 21.7 Å². The quantitative estimate of drug-likeness (QED) is 0.221. The summed E-state index contributed by atoms with van der Waals surface area (Å²) in [6.07, 6.45) is -4.29. The molecule has 2 atom stereocenters. The summed E-state index contributed by atoms with van der Waals surface area (Å²) < 4.78 is 52.3. The summed E-state index contributed by atoms with van der Waals surface area (Å²) in [6, 6.07) is 5.69. The molecular weight excluding hydrogens is 477 g/mol. The molecule has 0 spiro atoms. The topological polar surface area (TPSA) is 99.7 Å². The highest BCUT2D eigenvalue weighted by molar-refractivity contribution is 6.06. The highest BCUT2D eigenvalue weighted by Gasteiger charge is 2.39. The van der Waals surface area contributed by atoms with Crippen LogP contribution in [0.2, 0.25) is 0 Å². The summed E-state index contributed by atoms with van der Waals surface area (Å²) in [5.74, 6) is 4.47. The van der Waals surface area contributed by atoms with Gasteiger partial charge in [0.1, 0.15) is 18.0 Å². The molecule has 0 aliphatic heterocycles. The first-order valence-corrected chi connectivity index (χ1v) is 11.4. The van der Waals surface area contributed by atoms with Gasteiger partial charge in [0.2, 0.25) is 0 Å². The van der Waals surface area contributed by atoms with Crippen LogP contribution in [0.5, 0.6) is 5.75 Å². The van der Waals surface area contributed by atoms with E-state index in [0.29, 0.717) is 27.4 Å². The SMILES string of the molecule is Cc1nccc2c1c(=O)n(C)c1cc(OCC(CC(C)C(F)(F)F)N(N)C(=O)OC(C)(C)C)ccc21. The molecule has 0 fully saturated rings. The summed E-state index contributed by atoms with van der Waals surface area (Å²) in [6.45, 7) is 7.35. The monoisotopic (exact) mass is 508 g/mol. The lowest BCUT2D eigenvalue weighted by atomic mass is 10.0. The molecule has 36 heavy (non-hydrogen) atoms. The standard InChI is InChI=1S/C25H31F3N4O4/c1-14(25(26,27)28)11-16(32(29)23(34)36-24(3,4)5)13-35-17-7-8-18-19-9-10-30-15(2)21(19)22(33)31(6)20(18)12-17/h7-10,12,14,16H,11,13,29H2,1-6H3. The van der Waals surface area contributed by atoms with E-state index in [-0.39, 0.29) is 12.2 Å². The minimum Gasteiger partial charge on any atom is -0.491 e. The van der Waals surface area contributed by atoms with Crippen LogP contribution >= 0.6 is 0 Å². The van der Waals surface area contributed by atoms with Crippen molar-refractivity contribution in [1.82, 2.24) is 14.6 Å². The Balaban J connectivity index is 1.92. The average Bonchev–Trinajstić information content (AvgIpc) is 2.77. The van der Waals surface area contributed by atoms with Crippen LogP contribution in [-0.2, 0) is 11.8 Å². The zero-order valence-electron chi connectivity index (χ0n) is 21.1. The van der Waals surface area contributed by atoms with Crippen LogP contribution in [0.1, 0.15) is 39.8 Å². The van der Waals surface area contributed by atoms with Crippen LogP contribution in [-0.4, -0.2) is 45.1 Å². The van der Waals surface area contributed by atoms with E-state index >= 15 is 0 Å². The molecule has 0 bridgehead atoms. The molecule has 3 rings (SSSR count). The van der Waals surface area contributed by atoms with Crippen molar-refractivity contribution in [1.29, 1.82) is 0 Å². The second kappa shape index (κ2) is 9.96. The number of aryl methyl sites for hydroxylation is 2. The first kappa shape index (κ1) is 27.3. The number of fused-ring (bicyclic) bond motifs is 3. The molecule has 0 radical (unpaired) electrons. The molecule has 11 heteroatoms. The van der Waals surface area contributed by atoms with Crippen LogP contribution in [0.3, 0.4) is 0 Å². The Morgan fingerprint density at radius 2 is 1.86 bits per heavy atom. The lowest BCUT2D eigenvalue weighted by Crippen LogP contribution is -2.51. The Labute approximate surface area is 206 Å². The van der Waals surface area contributed by atoms with Gasteiger partial charge in [-0.2, -0.15) is 13.2 Å². The van der Waals surface area contributed by atoms with Crippen molar-refractivity contribution >= 4 is 27.8 Å². The Kier molecular flexibility index (Phi) is 7.54. The van der Waals surface area contributed by atoms with Gasteiger partial charge in [-0.3, -0.25) is 9.78 Å². The number of amides is 1. The number of aromatic nitrogens is 2. The third-order valence-corrected chi connectivity index (χ3v) is 5.90. The number of carbonyl (C=O) groups is 1. The van der Waals surface area contributed by atoms with Crippen molar-refractivity contribution in [3.05, 3.63) is 46.5 Å². The van der Waals surface area contributed by atoms with Gasteiger partial charge in [-0.1, -0.05) is 6.92 Å². The largest absolute Gasteiger partial charge is 0.491 e. The smallest absolute Gasteiger partial charge is 0.424 e. The first-order chi connectivity index (χ1) is 16.6. The van der Waals surface area contributed by atoms with Crippen LogP contribution in [0, 0.1) is 12.8 Å². The number of hydrazine groups is 1. The van der Waals surface area contributed by atoms with Gasteiger partial charge in [-0.05, 0) is 57.7 Å². The Morgan fingerprint density at radius 1 is 1.19 bits per heavy atom. The highest BCUT2D eigenvalue weighted by Crippen LogP contribution is 2.31. The molecule has 0 saturated heterocycles. The van der Waals surface area contributed by atoms with E-state index in [0.717, 1.165) is 17.7 Å². The number of carbonyl (C=O) groups excluding carboxylic acids is 1. The van der Waals surface area contributed by atoms with E-state index in [4.69, 9.17) is 15.3 Å². The predicted octanol–water partition coefficient (Wildman–Crippen LogP) is 4.84. The number of alkyl halides is 3. The van der Waals surface area contributed by atoms with Crippen molar-refractivity contribution in [3.8, 4) is 5.75 Å². The molecule has 1 aromatic carbocycles. The fourth-order valence-corrected chi connectivity index (χ4v) is 3.90. The van der Waals surface area contributed by atoms with Crippen molar-refractivity contribution in [2.45, 2.75) is 58.9 Å². The maximum Gasteiger partial charge on any atom is 0.424 e. The lowest BCUT2D eigenvalue weighted by molar-refractivity contribution is -0.175. The minimum absolute atomic E-state index is 0.227. The number of pyridine rings is 2. The third kappa shape index (κ3) is 5.89. The number of benzene rings is 1. The van der Waals surface area contributed by atoms with Gasteiger partial charge in [0.05, 0.1) is 28.6 Å². The molecule has 2 unspecified atom stereocenters. The van der Waals surface area contributed by atoms with Crippen molar-refractivity contribution in [2.24, 2.45) is 18.8 Å². The van der Waals surface area contributed by atoms with E-state index in [1.807, 2.05) is 0 Å². The van der Waals surface area contributed by atoms with E-state index in [2.05, 4.69) is 4.98 Å². The first-order valence-electron chi connectivity index (χ1n) is 11.4. The van der Waals surface area contributed by atoms with E-state index < -0.39 is 36.3 Å². The number of nitrogens with two attached hydrogens (primary N) is 1. The Morgan fingerprint density at radius 3 is 2.47 bits per heavy atom. The van der Waals surface area contributed by atoms with Crippen molar-refractivity contribution < 1.29 is 27.4 Å². The van der Waals surface area contributed by atoms with Gasteiger partial charge in [0, 0.05) is 24.7 Å². The molecule has 3 aromatic rings. The number of hydrogen-bond acceptors (Lipinski definition) is 6. The van der Waals surface area contributed by atoms with Gasteiger partial charge in [-0.25, -0.2) is 15.6 Å². The number of halogens is 3. The van der Waals surface area contributed by atoms with E-state index in [1.54, 1.807) is 65.2 Å². The third-order valence-electron chi connectivity index (χ3n) is 5.90. The van der Waals surface area contributed by atoms with Gasteiger partial charge >= 0.3 is 12.3 Å². The molecule has 0 aliphatic rings. The van der Waals surface area contributed by atoms with Crippen molar-refractivity contribution in [3.63, 3.8) is 0 Å². The molecule has 2 aromatic heterocycles. The summed E-state index contributed by atoms with van der Waals surface area (Å²) in [7, 11) is 1.62. The number of rotatable bonds is 6. The van der Waals surface area contributed by atoms with Crippen molar-refractivity contribution in [2.75, 3.05) is 6.61 Å². The van der Waals surface area contributed by atoms with Crippen LogP contribution < -0.4 is 16.1 Å². The summed E-state index contributed by atoms with van der Waals surface area (Å²) in [5.41, 5.74) is 0.0834. The van der Waals surface area contributed by atoms with Crippen LogP contribution in [0.15, 0.2) is 35.3 Å². The molecule has 196 valence electrons. The van der Waals surface area contributed by atoms with Gasteiger partial charge < -0.3 is 14.0 Å². The molecule has 1 amide bonds. The fraction of sp³-hybridized carbons (Fsp3) is 0.480. The number of nitrogens with zero attached hydrogens (tertiary/aromatic N) is 3. The number of hydrogen-bond donors (Lipinski definition) is 1. The predicted molar refractivity (Wildman–Crippen MR) is 131 cm³/mol. The van der Waals surface area contributed by atoms with E-state index in [9.17, 15) is 22.8 Å². The Bertz CT molecular complexity index is 1330. The maximum atomic E-state index is 13.3. The van der Waals surface area contributed by atoms with Gasteiger partial charge in [0.25, 0.3) is 5.56 Å². The zero-order chi connectivity index (χ0) is 27.0. The summed E-state index contributed by atoms with van der Waals surface area (Å²) in [4.78, 5) is 29.6. The molecule has 2 N–H and O–H groups in total. The molecular formula is C25H31F3N4O4. The van der Waals surface area contributed by atoms with E-state index in [1.165, 1.54) is 4.57 Å². The van der Waals surface area contributed by atoms with Crippen LogP contribution in [0.4, 0.5) is 18.0 Å². The minimum atomic E-state index is -4.47. The number of ether oxygens (including phenoxy) is 2. The van der Waals surface area contributed by atoms with Gasteiger partial charge in [0.15, 0.2) is 0 Å². The normalized spacial score (nSPS) is 14.1. The highest BCUT2D eigenvalue weighted by atomic mass is 19.4. The molecule has 0 aliphatic carbocycles. The molecule has 0 saturated carbocycles. The summed E-state index contributed by atoms with van der Waals surface area (Å²) >= 11 is 0. The maximum absolute atomic E-state index is 13.3. The zero-order valence-corrected chi connectivity index (χ0v) is 21.1. The summed E-state index contributed by atoms with van der Waals surface area (Å²) in [5, 5.41) is 2.69. The van der Waals surface area contributed by atoms with Gasteiger partial charge in [-0.15, -0.1) is 0 Å². The second-order valence-corrected chi connectivity index (χ2v) is 9.89.